The van der Waals surface area contributed by atoms with Crippen LogP contribution < -0.4 is 4.74 Å². The summed E-state index contributed by atoms with van der Waals surface area (Å²) in [6.45, 7) is 10.2. The summed E-state index contributed by atoms with van der Waals surface area (Å²) >= 11 is 0. The Hall–Kier alpha value is -1.07. The highest BCUT2D eigenvalue weighted by molar-refractivity contribution is 7.86. The third kappa shape index (κ3) is 11.1. The zero-order valence-corrected chi connectivity index (χ0v) is 23.6. The predicted octanol–water partition coefficient (Wildman–Crippen LogP) is 9.06. The van der Waals surface area contributed by atoms with E-state index in [-0.39, 0.29) is 4.90 Å². The summed E-state index contributed by atoms with van der Waals surface area (Å²) in [5.74, 6) is 0.604. The lowest BCUT2D eigenvalue weighted by molar-refractivity contribution is 0.333. The molecule has 0 aliphatic carbocycles. The summed E-state index contributed by atoms with van der Waals surface area (Å²) in [5.41, 5.74) is 3.19. The predicted molar refractivity (Wildman–Crippen MR) is 145 cm³/mol. The third-order valence-electron chi connectivity index (χ3n) is 7.09. The van der Waals surface area contributed by atoms with Crippen LogP contribution in [0.5, 0.6) is 5.75 Å². The molecule has 0 fully saturated rings. The van der Waals surface area contributed by atoms with E-state index < -0.39 is 10.1 Å². The normalized spacial score (nSPS) is 11.8. The summed E-state index contributed by atoms with van der Waals surface area (Å²) in [4.78, 5) is 0.0213. The van der Waals surface area contributed by atoms with Crippen LogP contribution in [0.3, 0.4) is 0 Å². The van der Waals surface area contributed by atoms with Crippen molar-refractivity contribution in [3.63, 3.8) is 0 Å². The van der Waals surface area contributed by atoms with Gasteiger partial charge in [-0.2, -0.15) is 8.42 Å². The second-order valence-electron chi connectivity index (χ2n) is 9.97. The Balaban J connectivity index is 2.29. The summed E-state index contributed by atoms with van der Waals surface area (Å²) in [7, 11) is -4.29. The fourth-order valence-corrected chi connectivity index (χ4v) is 6.18. The first-order valence-electron chi connectivity index (χ1n) is 14.0. The Bertz CT molecular complexity index is 799. The van der Waals surface area contributed by atoms with Gasteiger partial charge in [-0.1, -0.05) is 103 Å². The first-order chi connectivity index (χ1) is 16.3. The highest BCUT2D eigenvalue weighted by Crippen LogP contribution is 2.36. The number of hydrogen-bond donors (Lipinski definition) is 1. The zero-order chi connectivity index (χ0) is 25.4. The van der Waals surface area contributed by atoms with E-state index in [0.717, 1.165) is 30.4 Å². The van der Waals surface area contributed by atoms with Crippen molar-refractivity contribution in [1.29, 1.82) is 0 Å². The molecule has 0 aromatic heterocycles. The van der Waals surface area contributed by atoms with Gasteiger partial charge in [0, 0.05) is 5.56 Å². The smallest absolute Gasteiger partial charge is 0.295 e. The van der Waals surface area contributed by atoms with Crippen molar-refractivity contribution < 1.29 is 17.7 Å². The molecule has 0 atom stereocenters. The molecule has 0 bridgehead atoms. The van der Waals surface area contributed by atoms with E-state index in [9.17, 15) is 13.0 Å². The molecule has 0 saturated carbocycles. The van der Waals surface area contributed by atoms with Crippen LogP contribution in [0.25, 0.3) is 0 Å². The zero-order valence-electron chi connectivity index (χ0n) is 22.8. The van der Waals surface area contributed by atoms with Gasteiger partial charge in [-0.05, 0) is 57.2 Å². The van der Waals surface area contributed by atoms with Crippen LogP contribution >= 0.6 is 0 Å². The van der Waals surface area contributed by atoms with E-state index in [2.05, 4.69) is 6.92 Å². The molecule has 1 rings (SSSR count). The molecule has 1 aromatic carbocycles. The van der Waals surface area contributed by atoms with Crippen molar-refractivity contribution in [2.45, 2.75) is 149 Å². The molecule has 0 spiro atoms. The monoisotopic (exact) mass is 496 g/mol. The molecule has 4 nitrogen and oxygen atoms in total. The second kappa shape index (κ2) is 17.4. The Morgan fingerprint density at radius 1 is 0.618 bits per heavy atom. The van der Waals surface area contributed by atoms with Gasteiger partial charge < -0.3 is 4.74 Å². The van der Waals surface area contributed by atoms with E-state index in [1.165, 1.54) is 89.9 Å². The van der Waals surface area contributed by atoms with E-state index in [1.807, 2.05) is 13.8 Å². The molecule has 0 saturated heterocycles. The van der Waals surface area contributed by atoms with Crippen molar-refractivity contribution in [2.24, 2.45) is 0 Å². The van der Waals surface area contributed by atoms with Crippen molar-refractivity contribution >= 4 is 10.1 Å². The minimum Gasteiger partial charge on any atom is -0.493 e. The first-order valence-corrected chi connectivity index (χ1v) is 15.4. The van der Waals surface area contributed by atoms with Crippen LogP contribution in [0.1, 0.15) is 139 Å². The van der Waals surface area contributed by atoms with Crippen LogP contribution in [0.4, 0.5) is 0 Å². The maximum atomic E-state index is 12.0. The second-order valence-corrected chi connectivity index (χ2v) is 11.3. The number of benzene rings is 1. The Morgan fingerprint density at radius 3 is 1.41 bits per heavy atom. The average molecular weight is 497 g/mol. The van der Waals surface area contributed by atoms with Gasteiger partial charge in [-0.15, -0.1) is 0 Å². The quantitative estimate of drug-likeness (QED) is 0.144. The van der Waals surface area contributed by atoms with Crippen molar-refractivity contribution in [1.82, 2.24) is 0 Å². The molecule has 1 aromatic rings. The van der Waals surface area contributed by atoms with Gasteiger partial charge in [0.2, 0.25) is 0 Å². The van der Waals surface area contributed by atoms with E-state index in [1.54, 1.807) is 13.8 Å². The lowest BCUT2D eigenvalue weighted by Gasteiger charge is -2.20. The summed E-state index contributed by atoms with van der Waals surface area (Å²) in [5, 5.41) is 0. The van der Waals surface area contributed by atoms with Gasteiger partial charge in [0.25, 0.3) is 10.1 Å². The SMILES string of the molecule is CCCCCCCCCCCCCCCCCCc1c(C)c(OCC)c(C)c(S(=O)(=O)O)c1C. The van der Waals surface area contributed by atoms with Gasteiger partial charge in [-0.25, -0.2) is 0 Å². The number of hydrogen-bond acceptors (Lipinski definition) is 3. The summed E-state index contributed by atoms with van der Waals surface area (Å²) in [6, 6.07) is 0. The molecule has 0 aliphatic heterocycles. The minimum absolute atomic E-state index is 0.0213. The van der Waals surface area contributed by atoms with Gasteiger partial charge in [0.15, 0.2) is 0 Å². The van der Waals surface area contributed by atoms with Gasteiger partial charge in [0.1, 0.15) is 10.6 Å². The van der Waals surface area contributed by atoms with E-state index in [0.29, 0.717) is 23.5 Å². The highest BCUT2D eigenvalue weighted by Gasteiger charge is 2.25. The van der Waals surface area contributed by atoms with Gasteiger partial charge in [-0.3, -0.25) is 4.55 Å². The number of ether oxygens (including phenoxy) is 1. The van der Waals surface area contributed by atoms with Crippen molar-refractivity contribution in [3.05, 3.63) is 22.3 Å². The van der Waals surface area contributed by atoms with Gasteiger partial charge in [0.05, 0.1) is 6.61 Å². The van der Waals surface area contributed by atoms with E-state index >= 15 is 0 Å². The lowest BCUT2D eigenvalue weighted by atomic mass is 9.93. The summed E-state index contributed by atoms with van der Waals surface area (Å²) < 4.78 is 39.6. The molecule has 0 unspecified atom stereocenters. The van der Waals surface area contributed by atoms with Crippen LogP contribution in [-0.4, -0.2) is 19.6 Å². The molecule has 0 aliphatic rings. The largest absolute Gasteiger partial charge is 0.493 e. The van der Waals surface area contributed by atoms with Gasteiger partial charge >= 0.3 is 0 Å². The van der Waals surface area contributed by atoms with Crippen LogP contribution in [0, 0.1) is 20.8 Å². The highest BCUT2D eigenvalue weighted by atomic mass is 32.2. The Morgan fingerprint density at radius 2 is 1.03 bits per heavy atom. The molecule has 0 amide bonds. The third-order valence-corrected chi connectivity index (χ3v) is 8.22. The minimum atomic E-state index is -4.29. The molecule has 5 heteroatoms. The lowest BCUT2D eigenvalue weighted by Crippen LogP contribution is -2.11. The molecular weight excluding hydrogens is 444 g/mol. The van der Waals surface area contributed by atoms with Crippen LogP contribution in [-0.2, 0) is 16.5 Å². The maximum Gasteiger partial charge on any atom is 0.295 e. The Labute approximate surface area is 211 Å². The molecule has 1 N–H and O–H groups in total. The first kappa shape index (κ1) is 31.0. The van der Waals surface area contributed by atoms with Crippen molar-refractivity contribution in [3.8, 4) is 5.75 Å². The summed E-state index contributed by atoms with van der Waals surface area (Å²) in [6.07, 6.45) is 22.2. The Kier molecular flexibility index (Phi) is 15.8. The molecule has 0 radical (unpaired) electrons. The number of unbranched alkanes of at least 4 members (excludes halogenated alkanes) is 15. The molecule has 34 heavy (non-hydrogen) atoms. The topological polar surface area (TPSA) is 63.6 Å². The molecular formula is C29H52O4S. The van der Waals surface area contributed by atoms with Crippen LogP contribution in [0.15, 0.2) is 4.90 Å². The standard InChI is InChI=1S/C29H52O4S/c1-6-8-9-10-11-12-13-14-15-16-17-18-19-20-21-22-23-27-24(3)28(33-7-2)26(5)29(25(27)4)34(30,31)32/h6-23H2,1-5H3,(H,30,31,32). The number of rotatable bonds is 20. The van der Waals surface area contributed by atoms with Crippen molar-refractivity contribution in [2.75, 3.05) is 6.61 Å². The average Bonchev–Trinajstić information content (AvgIpc) is 2.77. The van der Waals surface area contributed by atoms with E-state index in [4.69, 9.17) is 4.74 Å². The molecule has 198 valence electrons. The molecule has 0 heterocycles. The van der Waals surface area contributed by atoms with Crippen LogP contribution in [0.2, 0.25) is 0 Å². The maximum absolute atomic E-state index is 12.0. The fraction of sp³-hybridized carbons (Fsp3) is 0.793. The fourth-order valence-electron chi connectivity index (χ4n) is 5.19.